The number of hydrazine groups is 1. The number of ether oxygens (including phenoxy) is 2. The Morgan fingerprint density at radius 1 is 1.18 bits per heavy atom. The summed E-state index contributed by atoms with van der Waals surface area (Å²) in [5.74, 6) is 6.39. The summed E-state index contributed by atoms with van der Waals surface area (Å²) in [5.41, 5.74) is 10.3. The molecule has 0 amide bonds. The molecule has 0 spiro atoms. The van der Waals surface area contributed by atoms with Gasteiger partial charge in [0.25, 0.3) is 0 Å². The minimum Gasteiger partial charge on any atom is -0.489 e. The summed E-state index contributed by atoms with van der Waals surface area (Å²) >= 11 is 0. The molecular weight excluding hydrogens is 554 g/mol. The number of carbonyl (C=O) groups is 1. The van der Waals surface area contributed by atoms with Gasteiger partial charge in [0.1, 0.15) is 11.9 Å². The van der Waals surface area contributed by atoms with Crippen LogP contribution < -0.4 is 21.3 Å². The van der Waals surface area contributed by atoms with E-state index in [0.29, 0.717) is 6.61 Å². The number of benzene rings is 2. The largest absolute Gasteiger partial charge is 0.489 e. The van der Waals surface area contributed by atoms with E-state index >= 15 is 0 Å². The fourth-order valence-corrected chi connectivity index (χ4v) is 5.93. The molecule has 2 atom stereocenters. The van der Waals surface area contributed by atoms with Crippen molar-refractivity contribution in [3.63, 3.8) is 0 Å². The van der Waals surface area contributed by atoms with Gasteiger partial charge in [-0.2, -0.15) is 0 Å². The molecule has 0 radical (unpaired) electrons. The van der Waals surface area contributed by atoms with Gasteiger partial charge < -0.3 is 25.7 Å². The molecule has 2 aromatic carbocycles. The summed E-state index contributed by atoms with van der Waals surface area (Å²) in [6, 6.07) is 12.6. The van der Waals surface area contributed by atoms with Gasteiger partial charge in [-0.1, -0.05) is 45.0 Å². The Hall–Kier alpha value is -3.66. The predicted molar refractivity (Wildman–Crippen MR) is 180 cm³/mol. The molecular formula is C35H53N5O4. The van der Waals surface area contributed by atoms with Crippen molar-refractivity contribution in [2.24, 2.45) is 11.3 Å². The number of esters is 1. The minimum atomic E-state index is -0.839. The van der Waals surface area contributed by atoms with Crippen LogP contribution in [-0.4, -0.2) is 47.6 Å². The maximum absolute atomic E-state index is 13.4. The fourth-order valence-electron chi connectivity index (χ4n) is 5.93. The lowest BCUT2D eigenvalue weighted by Crippen LogP contribution is -2.35. The Morgan fingerprint density at radius 2 is 1.91 bits per heavy atom. The first-order valence-electron chi connectivity index (χ1n) is 15.5. The molecule has 44 heavy (non-hydrogen) atoms. The van der Waals surface area contributed by atoms with Crippen LogP contribution in [0.25, 0.3) is 0 Å². The molecule has 0 unspecified atom stereocenters. The number of carbonyl (C=O) groups excluding carboxylic acids is 1. The Labute approximate surface area is 263 Å². The molecule has 0 fully saturated rings. The first kappa shape index (κ1) is 36.5. The van der Waals surface area contributed by atoms with Gasteiger partial charge in [0.2, 0.25) is 0 Å². The quantitative estimate of drug-likeness (QED) is 0.143. The number of fused-ring (bicyclic) bond motifs is 1. The number of anilines is 2. The lowest BCUT2D eigenvalue weighted by Gasteiger charge is -2.35. The van der Waals surface area contributed by atoms with E-state index in [-0.39, 0.29) is 23.5 Å². The first-order chi connectivity index (χ1) is 20.6. The Bertz CT molecular complexity index is 1380. The predicted octanol–water partition coefficient (Wildman–Crippen LogP) is 6.12. The SMILES string of the molecule is CC.CCOC(=O)C(C)(C)[C@@H](c1ccc(C)c(CN2Cc3cnccc3O[C@H](CC)C2)c1)c1ccc(NC)c(NN)c1C.O. The number of nitrogen functional groups attached to an aromatic ring is 1. The van der Waals surface area contributed by atoms with Crippen LogP contribution in [0.15, 0.2) is 48.8 Å². The summed E-state index contributed by atoms with van der Waals surface area (Å²) in [4.78, 5) is 20.2. The maximum atomic E-state index is 13.4. The zero-order chi connectivity index (χ0) is 31.7. The molecule has 0 bridgehead atoms. The molecule has 1 aromatic heterocycles. The van der Waals surface area contributed by atoms with Crippen LogP contribution in [0.1, 0.15) is 87.3 Å². The van der Waals surface area contributed by atoms with E-state index in [0.717, 1.165) is 65.4 Å². The van der Waals surface area contributed by atoms with E-state index < -0.39 is 5.41 Å². The second-order valence-corrected chi connectivity index (χ2v) is 11.5. The third-order valence-electron chi connectivity index (χ3n) is 8.32. The van der Waals surface area contributed by atoms with E-state index in [1.807, 2.05) is 66.9 Å². The molecule has 2 heterocycles. The molecule has 242 valence electrons. The number of hydrogen-bond donors (Lipinski definition) is 3. The number of aryl methyl sites for hydroxylation is 1. The molecule has 0 saturated heterocycles. The zero-order valence-corrected chi connectivity index (χ0v) is 28.0. The number of rotatable bonds is 10. The van der Waals surface area contributed by atoms with Gasteiger partial charge in [-0.05, 0) is 81.0 Å². The molecule has 0 aliphatic carbocycles. The van der Waals surface area contributed by atoms with Gasteiger partial charge in [0.05, 0.1) is 23.4 Å². The van der Waals surface area contributed by atoms with Crippen LogP contribution in [0, 0.1) is 19.3 Å². The third kappa shape index (κ3) is 7.88. The monoisotopic (exact) mass is 607 g/mol. The number of nitrogens with zero attached hydrogens (tertiary/aromatic N) is 2. The fraction of sp³-hybridized carbons (Fsp3) is 0.486. The number of hydrogen-bond acceptors (Lipinski definition) is 8. The highest BCUT2D eigenvalue weighted by molar-refractivity contribution is 5.80. The number of nitrogens with two attached hydrogens (primary N) is 1. The van der Waals surface area contributed by atoms with Crippen LogP contribution in [0.2, 0.25) is 0 Å². The van der Waals surface area contributed by atoms with Gasteiger partial charge in [0, 0.05) is 50.6 Å². The van der Waals surface area contributed by atoms with Gasteiger partial charge in [-0.3, -0.25) is 20.5 Å². The second-order valence-electron chi connectivity index (χ2n) is 11.5. The Kier molecular flexibility index (Phi) is 13.6. The van der Waals surface area contributed by atoms with Crippen molar-refractivity contribution < 1.29 is 19.7 Å². The van der Waals surface area contributed by atoms with E-state index in [1.165, 1.54) is 11.1 Å². The highest BCUT2D eigenvalue weighted by atomic mass is 16.5. The molecule has 1 aliphatic heterocycles. The summed E-state index contributed by atoms with van der Waals surface area (Å²) in [6.07, 6.45) is 4.72. The zero-order valence-electron chi connectivity index (χ0n) is 28.0. The second kappa shape index (κ2) is 16.4. The van der Waals surface area contributed by atoms with Crippen molar-refractivity contribution in [3.05, 3.63) is 82.2 Å². The van der Waals surface area contributed by atoms with Crippen LogP contribution >= 0.6 is 0 Å². The molecule has 9 nitrogen and oxygen atoms in total. The topological polar surface area (TPSA) is 133 Å². The minimum absolute atomic E-state index is 0. The molecule has 3 aromatic rings. The molecule has 1 aliphatic rings. The van der Waals surface area contributed by atoms with Crippen LogP contribution in [-0.2, 0) is 22.6 Å². The highest BCUT2D eigenvalue weighted by Gasteiger charge is 2.41. The normalized spacial score (nSPS) is 15.3. The average Bonchev–Trinajstić information content (AvgIpc) is 3.19. The molecule has 4 rings (SSSR count). The molecule has 6 N–H and O–H groups in total. The number of nitrogens with one attached hydrogen (secondary N) is 2. The molecule has 0 saturated carbocycles. The van der Waals surface area contributed by atoms with Crippen molar-refractivity contribution in [1.29, 1.82) is 0 Å². The van der Waals surface area contributed by atoms with Crippen molar-refractivity contribution in [1.82, 2.24) is 9.88 Å². The Morgan fingerprint density at radius 3 is 2.55 bits per heavy atom. The Balaban J connectivity index is 0.00000220. The highest BCUT2D eigenvalue weighted by Crippen LogP contribution is 2.46. The molecule has 9 heteroatoms. The average molecular weight is 608 g/mol. The standard InChI is InChI=1S/C33H45N5O3.C2H6.H2O/c1-8-26-20-38(19-25-17-36-15-14-29(25)41-26)18-24-16-23(11-10-21(24)3)30(33(5,6)32(39)40-9-2)27-12-13-28(35-7)31(37-34)22(27)4;1-2;/h10-17,26,30,35,37H,8-9,18-20,34H2,1-7H3;1-2H3;1H2/t26-,30+;;/m1../s1. The van der Waals surface area contributed by atoms with Crippen LogP contribution in [0.3, 0.4) is 0 Å². The van der Waals surface area contributed by atoms with Crippen LogP contribution in [0.5, 0.6) is 5.75 Å². The number of aromatic nitrogens is 1. The van der Waals surface area contributed by atoms with Crippen molar-refractivity contribution in [2.45, 2.75) is 86.9 Å². The van der Waals surface area contributed by atoms with Gasteiger partial charge >= 0.3 is 5.97 Å². The third-order valence-corrected chi connectivity index (χ3v) is 8.32. The van der Waals surface area contributed by atoms with E-state index in [1.54, 1.807) is 6.20 Å². The van der Waals surface area contributed by atoms with E-state index in [4.69, 9.17) is 15.3 Å². The summed E-state index contributed by atoms with van der Waals surface area (Å²) in [6.45, 7) is 18.8. The van der Waals surface area contributed by atoms with Crippen molar-refractivity contribution in [2.75, 3.05) is 30.9 Å². The number of pyridine rings is 1. The lowest BCUT2D eigenvalue weighted by atomic mass is 9.69. The van der Waals surface area contributed by atoms with Gasteiger partial charge in [-0.25, -0.2) is 0 Å². The lowest BCUT2D eigenvalue weighted by molar-refractivity contribution is -0.154. The summed E-state index contributed by atoms with van der Waals surface area (Å²) < 4.78 is 11.9. The summed E-state index contributed by atoms with van der Waals surface area (Å²) in [5, 5.41) is 3.20. The first-order valence-corrected chi connectivity index (χ1v) is 15.5. The van der Waals surface area contributed by atoms with E-state index in [9.17, 15) is 4.79 Å². The smallest absolute Gasteiger partial charge is 0.312 e. The van der Waals surface area contributed by atoms with E-state index in [2.05, 4.69) is 58.7 Å². The van der Waals surface area contributed by atoms with Gasteiger partial charge in [0.15, 0.2) is 0 Å². The summed E-state index contributed by atoms with van der Waals surface area (Å²) in [7, 11) is 1.87. The van der Waals surface area contributed by atoms with Crippen molar-refractivity contribution >= 4 is 17.3 Å². The van der Waals surface area contributed by atoms with Gasteiger partial charge in [-0.15, -0.1) is 0 Å². The van der Waals surface area contributed by atoms with Crippen LogP contribution in [0.4, 0.5) is 11.4 Å². The van der Waals surface area contributed by atoms with Crippen molar-refractivity contribution in [3.8, 4) is 5.75 Å². The maximum Gasteiger partial charge on any atom is 0.312 e.